The van der Waals surface area contributed by atoms with Crippen LogP contribution in [-0.2, 0) is 24.0 Å². The molecule has 2 rings (SSSR count). The molecule has 41 heavy (non-hydrogen) atoms. The van der Waals surface area contributed by atoms with Crippen molar-refractivity contribution in [2.45, 2.75) is 57.4 Å². The molecule has 0 aliphatic heterocycles. The Balaban J connectivity index is 2.31. The van der Waals surface area contributed by atoms with E-state index in [-0.39, 0.29) is 36.4 Å². The summed E-state index contributed by atoms with van der Waals surface area (Å²) in [5.74, 6) is -4.40. The number of aliphatic carboxylic acids is 2. The lowest BCUT2D eigenvalue weighted by molar-refractivity contribution is -0.139. The normalized spacial score (nSPS) is 13.2. The van der Waals surface area contributed by atoms with Crippen molar-refractivity contribution in [1.82, 2.24) is 10.6 Å². The SMILES string of the molecule is CCN(CC)c1ccc2cc(C(CC(C)=O)SC[C@H](NC(=O)CC[C@H](N)C(=O)O)C(=O)NCC(=O)O)c(=O)oc2c1. The maximum Gasteiger partial charge on any atom is 0.340 e. The number of carbonyl (C=O) groups is 5. The molecule has 0 fully saturated rings. The Labute approximate surface area is 240 Å². The summed E-state index contributed by atoms with van der Waals surface area (Å²) >= 11 is 1.05. The quantitative estimate of drug-likeness (QED) is 0.164. The van der Waals surface area contributed by atoms with E-state index in [4.69, 9.17) is 20.4 Å². The average molecular weight is 593 g/mol. The van der Waals surface area contributed by atoms with Gasteiger partial charge >= 0.3 is 17.6 Å². The molecule has 1 heterocycles. The van der Waals surface area contributed by atoms with Crippen LogP contribution in [0.25, 0.3) is 11.0 Å². The fourth-order valence-corrected chi connectivity index (χ4v) is 5.36. The molecule has 14 heteroatoms. The standard InChI is InChI=1S/C27H36N4O9S/c1-4-31(5-2)17-7-6-16-11-18(27(39)40-21(16)12-17)22(10-15(3)32)41-14-20(25(36)29-13-24(34)35)30-23(33)9-8-19(28)26(37)38/h6-7,11-12,19-20,22H,4-5,8-10,13-14,28H2,1-3H3,(H,29,36)(H,30,33)(H,34,35)(H,37,38)/t19-,20-,22?/m0/s1. The van der Waals surface area contributed by atoms with Crippen molar-refractivity contribution in [1.29, 1.82) is 0 Å². The van der Waals surface area contributed by atoms with Crippen LogP contribution in [0.15, 0.2) is 33.5 Å². The van der Waals surface area contributed by atoms with Crippen LogP contribution in [0.2, 0.25) is 0 Å². The van der Waals surface area contributed by atoms with Gasteiger partial charge in [-0.2, -0.15) is 11.8 Å². The van der Waals surface area contributed by atoms with Crippen LogP contribution in [0.3, 0.4) is 0 Å². The number of ketones is 1. The lowest BCUT2D eigenvalue weighted by Gasteiger charge is -2.22. The van der Waals surface area contributed by atoms with Gasteiger partial charge in [0.2, 0.25) is 11.8 Å². The molecular formula is C27H36N4O9S. The van der Waals surface area contributed by atoms with Crippen molar-refractivity contribution >= 4 is 58.0 Å². The molecule has 3 atom stereocenters. The fraction of sp³-hybridized carbons (Fsp3) is 0.481. The van der Waals surface area contributed by atoms with Crippen LogP contribution in [0, 0.1) is 0 Å². The Morgan fingerprint density at radius 2 is 1.78 bits per heavy atom. The van der Waals surface area contributed by atoms with Crippen LogP contribution in [0.4, 0.5) is 5.69 Å². The maximum absolute atomic E-state index is 13.0. The maximum atomic E-state index is 13.0. The van der Waals surface area contributed by atoms with Gasteiger partial charge in [0.1, 0.15) is 30.0 Å². The second-order valence-electron chi connectivity index (χ2n) is 9.33. The summed E-state index contributed by atoms with van der Waals surface area (Å²) in [7, 11) is 0. The summed E-state index contributed by atoms with van der Waals surface area (Å²) in [6.07, 6.45) is -0.538. The zero-order chi connectivity index (χ0) is 30.7. The molecule has 0 spiro atoms. The lowest BCUT2D eigenvalue weighted by Crippen LogP contribution is -2.49. The molecule has 2 amide bonds. The number of nitrogens with one attached hydrogen (secondary N) is 2. The highest BCUT2D eigenvalue weighted by Crippen LogP contribution is 2.33. The van der Waals surface area contributed by atoms with Gasteiger partial charge in [0.15, 0.2) is 0 Å². The van der Waals surface area contributed by atoms with Crippen molar-refractivity contribution in [3.05, 3.63) is 40.2 Å². The van der Waals surface area contributed by atoms with Crippen molar-refractivity contribution in [3.8, 4) is 0 Å². The van der Waals surface area contributed by atoms with E-state index in [2.05, 4.69) is 15.5 Å². The van der Waals surface area contributed by atoms with E-state index < -0.39 is 53.3 Å². The molecule has 224 valence electrons. The van der Waals surface area contributed by atoms with E-state index in [9.17, 15) is 28.8 Å². The molecule has 0 saturated carbocycles. The second-order valence-corrected chi connectivity index (χ2v) is 10.6. The summed E-state index contributed by atoms with van der Waals surface area (Å²) in [6, 6.07) is 4.61. The van der Waals surface area contributed by atoms with E-state index in [1.165, 1.54) is 6.92 Å². The number of nitrogens with zero attached hydrogens (tertiary/aromatic N) is 1. The minimum absolute atomic E-state index is 0.0661. The Kier molecular flexibility index (Phi) is 12.8. The van der Waals surface area contributed by atoms with Gasteiger partial charge in [0.05, 0.1) is 5.56 Å². The molecule has 6 N–H and O–H groups in total. The number of Topliss-reactive ketones (excluding diaryl/α,β-unsaturated/α-hetero) is 1. The summed E-state index contributed by atoms with van der Waals surface area (Å²) in [5.41, 5.74) is 6.27. The fourth-order valence-electron chi connectivity index (χ4n) is 4.00. The first-order valence-electron chi connectivity index (χ1n) is 13.1. The van der Waals surface area contributed by atoms with Gasteiger partial charge in [-0.3, -0.25) is 24.0 Å². The number of fused-ring (bicyclic) bond motifs is 1. The Hall–Kier alpha value is -3.91. The average Bonchev–Trinajstić information content (AvgIpc) is 2.91. The van der Waals surface area contributed by atoms with Crippen LogP contribution in [0.1, 0.15) is 50.8 Å². The number of thioether (sulfide) groups is 1. The zero-order valence-electron chi connectivity index (χ0n) is 23.2. The molecule has 0 bridgehead atoms. The van der Waals surface area contributed by atoms with E-state index in [0.717, 1.165) is 30.5 Å². The largest absolute Gasteiger partial charge is 0.480 e. The molecular weight excluding hydrogens is 556 g/mol. The predicted octanol–water partition coefficient (Wildman–Crippen LogP) is 1.27. The third kappa shape index (κ3) is 10.2. The van der Waals surface area contributed by atoms with Crippen molar-refractivity contribution in [2.24, 2.45) is 5.73 Å². The number of hydrogen-bond acceptors (Lipinski definition) is 10. The summed E-state index contributed by atoms with van der Waals surface area (Å²) < 4.78 is 5.61. The summed E-state index contributed by atoms with van der Waals surface area (Å²) in [6.45, 7) is 6.23. The smallest absolute Gasteiger partial charge is 0.340 e. The monoisotopic (exact) mass is 592 g/mol. The van der Waals surface area contributed by atoms with Crippen LogP contribution < -0.4 is 26.9 Å². The molecule has 2 aromatic rings. The van der Waals surface area contributed by atoms with Gasteiger partial charge in [-0.05, 0) is 45.4 Å². The van der Waals surface area contributed by atoms with E-state index >= 15 is 0 Å². The second kappa shape index (κ2) is 15.8. The Bertz CT molecular complexity index is 1330. The highest BCUT2D eigenvalue weighted by Gasteiger charge is 2.27. The van der Waals surface area contributed by atoms with Crippen LogP contribution in [0.5, 0.6) is 0 Å². The van der Waals surface area contributed by atoms with Crippen LogP contribution >= 0.6 is 11.8 Å². The first kappa shape index (κ1) is 33.3. The van der Waals surface area contributed by atoms with Gasteiger partial charge in [-0.25, -0.2) is 4.79 Å². The van der Waals surface area contributed by atoms with E-state index in [0.29, 0.717) is 11.0 Å². The summed E-state index contributed by atoms with van der Waals surface area (Å²) in [4.78, 5) is 74.3. The molecule has 0 aliphatic carbocycles. The van der Waals surface area contributed by atoms with Gasteiger partial charge < -0.3 is 35.9 Å². The number of amides is 2. The highest BCUT2D eigenvalue weighted by molar-refractivity contribution is 7.99. The Morgan fingerprint density at radius 3 is 2.37 bits per heavy atom. The number of carboxylic acid groups (broad SMARTS) is 2. The van der Waals surface area contributed by atoms with E-state index in [1.807, 2.05) is 26.0 Å². The van der Waals surface area contributed by atoms with Gasteiger partial charge in [0, 0.05) is 54.1 Å². The van der Waals surface area contributed by atoms with E-state index in [1.54, 1.807) is 12.1 Å². The lowest BCUT2D eigenvalue weighted by atomic mass is 10.1. The number of nitrogens with two attached hydrogens (primary N) is 1. The van der Waals surface area contributed by atoms with Gasteiger partial charge in [0.25, 0.3) is 0 Å². The Morgan fingerprint density at radius 1 is 1.10 bits per heavy atom. The molecule has 0 aliphatic rings. The summed E-state index contributed by atoms with van der Waals surface area (Å²) in [5, 5.41) is 22.4. The number of hydrogen-bond donors (Lipinski definition) is 5. The molecule has 1 aromatic heterocycles. The predicted molar refractivity (Wildman–Crippen MR) is 154 cm³/mol. The minimum atomic E-state index is -1.30. The molecule has 0 saturated heterocycles. The first-order chi connectivity index (χ1) is 19.4. The number of carboxylic acids is 2. The molecule has 1 unspecified atom stereocenters. The third-order valence-electron chi connectivity index (χ3n) is 6.22. The van der Waals surface area contributed by atoms with Crippen molar-refractivity contribution in [2.75, 3.05) is 30.3 Å². The van der Waals surface area contributed by atoms with Gasteiger partial charge in [-0.15, -0.1) is 0 Å². The third-order valence-corrected chi connectivity index (χ3v) is 7.57. The van der Waals surface area contributed by atoms with Gasteiger partial charge in [-0.1, -0.05) is 0 Å². The molecule has 0 radical (unpaired) electrons. The number of benzene rings is 1. The zero-order valence-corrected chi connectivity index (χ0v) is 24.0. The number of rotatable bonds is 17. The topological polar surface area (TPSA) is 209 Å². The highest BCUT2D eigenvalue weighted by atomic mass is 32.2. The van der Waals surface area contributed by atoms with Crippen LogP contribution in [-0.4, -0.2) is 77.2 Å². The molecule has 1 aromatic carbocycles. The first-order valence-corrected chi connectivity index (χ1v) is 14.1. The number of anilines is 1. The number of carbonyl (C=O) groups excluding carboxylic acids is 3. The minimum Gasteiger partial charge on any atom is -0.480 e. The van der Waals surface area contributed by atoms with Crippen molar-refractivity contribution < 1.29 is 38.6 Å². The molecule has 13 nitrogen and oxygen atoms in total. The van der Waals surface area contributed by atoms with Crippen molar-refractivity contribution in [3.63, 3.8) is 0 Å².